The number of hydrogen-bond donors (Lipinski definition) is 1. The van der Waals surface area contributed by atoms with Crippen molar-refractivity contribution in [3.63, 3.8) is 0 Å². The largest absolute Gasteiger partial charge is 0.325 e. The van der Waals surface area contributed by atoms with Crippen molar-refractivity contribution in [2.75, 3.05) is 0 Å². The molecule has 2 unspecified atom stereocenters. The maximum absolute atomic E-state index is 6.67. The van der Waals surface area contributed by atoms with Crippen LogP contribution in [-0.2, 0) is 6.42 Å². The third kappa shape index (κ3) is 4.13. The fourth-order valence-corrected chi connectivity index (χ4v) is 3.82. The van der Waals surface area contributed by atoms with Gasteiger partial charge in [0, 0.05) is 15.6 Å². The molecule has 2 N–H and O–H groups in total. The van der Waals surface area contributed by atoms with Crippen molar-refractivity contribution in [3.8, 4) is 0 Å². The van der Waals surface area contributed by atoms with Crippen LogP contribution in [0.2, 0.25) is 10.0 Å². The van der Waals surface area contributed by atoms with Gasteiger partial charge >= 0.3 is 0 Å². The van der Waals surface area contributed by atoms with E-state index in [1.54, 1.807) is 0 Å². The fraction of sp³-hybridized carbons (Fsp3) is 0.647. The van der Waals surface area contributed by atoms with Crippen molar-refractivity contribution < 1.29 is 0 Å². The van der Waals surface area contributed by atoms with Gasteiger partial charge in [-0.3, -0.25) is 0 Å². The lowest BCUT2D eigenvalue weighted by molar-refractivity contribution is 0.322. The normalized spacial score (nSPS) is 27.6. The van der Waals surface area contributed by atoms with E-state index < -0.39 is 0 Å². The van der Waals surface area contributed by atoms with Gasteiger partial charge in [-0.1, -0.05) is 56.0 Å². The lowest BCUT2D eigenvalue weighted by atomic mass is 9.83. The minimum absolute atomic E-state index is 0.110. The molecule has 1 saturated carbocycles. The Morgan fingerprint density at radius 3 is 2.65 bits per heavy atom. The smallest absolute Gasteiger partial charge is 0.0453 e. The van der Waals surface area contributed by atoms with E-state index in [9.17, 15) is 0 Å². The molecule has 0 aromatic heterocycles. The van der Waals surface area contributed by atoms with Crippen LogP contribution in [0.3, 0.4) is 0 Å². The highest BCUT2D eigenvalue weighted by Crippen LogP contribution is 2.35. The highest BCUT2D eigenvalue weighted by atomic mass is 35.5. The summed E-state index contributed by atoms with van der Waals surface area (Å²) in [6.45, 7) is 4.65. The molecule has 1 aromatic carbocycles. The average molecular weight is 314 g/mol. The predicted molar refractivity (Wildman–Crippen MR) is 88.5 cm³/mol. The van der Waals surface area contributed by atoms with E-state index in [4.69, 9.17) is 28.9 Å². The number of halogens is 2. The molecule has 2 atom stereocenters. The summed E-state index contributed by atoms with van der Waals surface area (Å²) in [6.07, 6.45) is 6.81. The molecule has 0 bridgehead atoms. The molecule has 3 heteroatoms. The van der Waals surface area contributed by atoms with Gasteiger partial charge in [0.1, 0.15) is 0 Å². The van der Waals surface area contributed by atoms with Gasteiger partial charge in [0.25, 0.3) is 0 Å². The van der Waals surface area contributed by atoms with Crippen LogP contribution in [-0.4, -0.2) is 5.54 Å². The maximum atomic E-state index is 6.67. The van der Waals surface area contributed by atoms with Crippen LogP contribution in [0.4, 0.5) is 0 Å². The molecule has 1 nitrogen and oxygen atoms in total. The van der Waals surface area contributed by atoms with Crippen molar-refractivity contribution in [2.45, 2.75) is 57.9 Å². The molecule has 2 rings (SSSR count). The van der Waals surface area contributed by atoms with E-state index in [0.717, 1.165) is 41.7 Å². The van der Waals surface area contributed by atoms with Crippen molar-refractivity contribution in [1.82, 2.24) is 0 Å². The van der Waals surface area contributed by atoms with Crippen LogP contribution in [0, 0.1) is 11.8 Å². The van der Waals surface area contributed by atoms with E-state index in [1.165, 1.54) is 19.3 Å². The van der Waals surface area contributed by atoms with Gasteiger partial charge in [0.15, 0.2) is 0 Å². The fourth-order valence-electron chi connectivity index (χ4n) is 3.35. The number of nitrogens with two attached hydrogens (primary N) is 1. The molecule has 112 valence electrons. The molecule has 1 aliphatic rings. The molecule has 0 amide bonds. The van der Waals surface area contributed by atoms with Crippen molar-refractivity contribution >= 4 is 23.2 Å². The maximum Gasteiger partial charge on any atom is 0.0453 e. The van der Waals surface area contributed by atoms with Crippen LogP contribution in [0.25, 0.3) is 0 Å². The Labute approximate surface area is 132 Å². The Kier molecular flexibility index (Phi) is 5.39. The van der Waals surface area contributed by atoms with Gasteiger partial charge in [-0.05, 0) is 55.2 Å². The molecule has 0 radical (unpaired) electrons. The van der Waals surface area contributed by atoms with Gasteiger partial charge < -0.3 is 5.73 Å². The van der Waals surface area contributed by atoms with Crippen molar-refractivity contribution in [1.29, 1.82) is 0 Å². The summed E-state index contributed by atoms with van der Waals surface area (Å²) in [7, 11) is 0. The van der Waals surface area contributed by atoms with Crippen molar-refractivity contribution in [3.05, 3.63) is 33.8 Å². The van der Waals surface area contributed by atoms with Gasteiger partial charge in [0.05, 0.1) is 0 Å². The molecule has 0 spiro atoms. The topological polar surface area (TPSA) is 26.0 Å². The number of rotatable bonds is 3. The Balaban J connectivity index is 2.07. The molecule has 0 heterocycles. The Morgan fingerprint density at radius 2 is 2.00 bits per heavy atom. The second-order valence-corrected chi connectivity index (χ2v) is 7.55. The van der Waals surface area contributed by atoms with E-state index in [-0.39, 0.29) is 5.54 Å². The molecule has 0 aliphatic heterocycles. The molecule has 20 heavy (non-hydrogen) atoms. The van der Waals surface area contributed by atoms with Gasteiger partial charge in [-0.15, -0.1) is 0 Å². The molecule has 1 aromatic rings. The SMILES string of the molecule is CC(C)C1CCCC(N)(Cc2ccc(Cl)cc2Cl)CC1. The van der Waals surface area contributed by atoms with E-state index in [2.05, 4.69) is 13.8 Å². The summed E-state index contributed by atoms with van der Waals surface area (Å²) in [5.41, 5.74) is 7.69. The van der Waals surface area contributed by atoms with Crippen LogP contribution < -0.4 is 5.73 Å². The molecule has 1 fully saturated rings. The van der Waals surface area contributed by atoms with Crippen LogP contribution in [0.1, 0.15) is 51.5 Å². The van der Waals surface area contributed by atoms with Gasteiger partial charge in [-0.2, -0.15) is 0 Å². The second-order valence-electron chi connectivity index (χ2n) is 6.71. The summed E-state index contributed by atoms with van der Waals surface area (Å²) in [4.78, 5) is 0. The summed E-state index contributed by atoms with van der Waals surface area (Å²) in [6, 6.07) is 5.74. The first-order valence-corrected chi connectivity index (χ1v) is 8.38. The zero-order chi connectivity index (χ0) is 14.8. The zero-order valence-electron chi connectivity index (χ0n) is 12.5. The Morgan fingerprint density at radius 1 is 1.25 bits per heavy atom. The lowest BCUT2D eigenvalue weighted by Crippen LogP contribution is -2.41. The monoisotopic (exact) mass is 313 g/mol. The molecular weight excluding hydrogens is 289 g/mol. The first-order valence-electron chi connectivity index (χ1n) is 7.62. The van der Waals surface area contributed by atoms with Crippen LogP contribution >= 0.6 is 23.2 Å². The minimum atomic E-state index is -0.110. The van der Waals surface area contributed by atoms with Crippen molar-refractivity contribution in [2.24, 2.45) is 17.6 Å². The van der Waals surface area contributed by atoms with E-state index in [1.807, 2.05) is 18.2 Å². The Hall–Kier alpha value is -0.240. The Bertz CT molecular complexity index is 458. The van der Waals surface area contributed by atoms with E-state index >= 15 is 0 Å². The van der Waals surface area contributed by atoms with Crippen LogP contribution in [0.5, 0.6) is 0 Å². The molecular formula is C17H25Cl2N. The second kappa shape index (κ2) is 6.68. The van der Waals surface area contributed by atoms with Gasteiger partial charge in [0.2, 0.25) is 0 Å². The third-order valence-electron chi connectivity index (χ3n) is 4.76. The van der Waals surface area contributed by atoms with E-state index in [0.29, 0.717) is 5.02 Å². The zero-order valence-corrected chi connectivity index (χ0v) is 14.0. The predicted octanol–water partition coefficient (Wildman–Crippen LogP) is 5.47. The number of benzene rings is 1. The van der Waals surface area contributed by atoms with Crippen LogP contribution in [0.15, 0.2) is 18.2 Å². The minimum Gasteiger partial charge on any atom is -0.325 e. The average Bonchev–Trinajstić information content (AvgIpc) is 2.55. The summed E-state index contributed by atoms with van der Waals surface area (Å²) < 4.78 is 0. The third-order valence-corrected chi connectivity index (χ3v) is 5.35. The first kappa shape index (κ1) is 16.1. The summed E-state index contributed by atoms with van der Waals surface area (Å²) in [5, 5.41) is 1.43. The highest BCUT2D eigenvalue weighted by molar-refractivity contribution is 6.35. The summed E-state index contributed by atoms with van der Waals surface area (Å²) in [5.74, 6) is 1.58. The standard InChI is InChI=1S/C17H25Cl2N/c1-12(2)13-4-3-8-17(20,9-7-13)11-14-5-6-15(18)10-16(14)19/h5-6,10,12-13H,3-4,7-9,11,20H2,1-2H3. The van der Waals surface area contributed by atoms with Gasteiger partial charge in [-0.25, -0.2) is 0 Å². The number of hydrogen-bond acceptors (Lipinski definition) is 1. The lowest BCUT2D eigenvalue weighted by Gasteiger charge is -2.29. The molecule has 1 aliphatic carbocycles. The quantitative estimate of drug-likeness (QED) is 0.736. The highest BCUT2D eigenvalue weighted by Gasteiger charge is 2.30. The first-order chi connectivity index (χ1) is 9.39. The molecule has 0 saturated heterocycles. The summed E-state index contributed by atoms with van der Waals surface area (Å²) >= 11 is 12.2.